The molecule has 1 aliphatic rings. The Morgan fingerprint density at radius 3 is 2.52 bits per heavy atom. The Labute approximate surface area is 154 Å². The van der Waals surface area contributed by atoms with E-state index in [2.05, 4.69) is 48.5 Å². The van der Waals surface area contributed by atoms with Gasteiger partial charge in [-0.05, 0) is 25.3 Å². The van der Waals surface area contributed by atoms with Gasteiger partial charge in [0.15, 0.2) is 5.96 Å². The van der Waals surface area contributed by atoms with Gasteiger partial charge in [-0.3, -0.25) is 4.99 Å². The van der Waals surface area contributed by atoms with E-state index in [0.29, 0.717) is 19.7 Å². The van der Waals surface area contributed by atoms with Crippen LogP contribution in [0.25, 0.3) is 0 Å². The smallest absolute Gasteiger partial charge is 0.409 e. The fraction of sp³-hybridized carbons (Fsp3) is 0.667. The van der Waals surface area contributed by atoms with Gasteiger partial charge in [0.2, 0.25) is 0 Å². The number of rotatable bonds is 5. The minimum Gasteiger partial charge on any atom is -0.450 e. The van der Waals surface area contributed by atoms with Crippen molar-refractivity contribution in [2.75, 3.05) is 45.9 Å². The lowest BCUT2D eigenvalue weighted by Gasteiger charge is -2.36. The molecule has 1 aromatic heterocycles. The molecular weight excluding hydrogens is 336 g/mol. The number of ether oxygens (including phenoxy) is 1. The number of carbonyl (C=O) groups is 1. The van der Waals surface area contributed by atoms with Crippen molar-refractivity contribution in [2.24, 2.45) is 4.99 Å². The van der Waals surface area contributed by atoms with E-state index in [1.807, 2.05) is 6.92 Å². The van der Waals surface area contributed by atoms with Crippen molar-refractivity contribution in [3.05, 3.63) is 22.4 Å². The first kappa shape index (κ1) is 19.6. The fourth-order valence-corrected chi connectivity index (χ4v) is 3.60. The minimum absolute atomic E-state index is 0.0155. The van der Waals surface area contributed by atoms with Gasteiger partial charge in [0.05, 0.1) is 13.2 Å². The zero-order valence-electron chi connectivity index (χ0n) is 15.7. The summed E-state index contributed by atoms with van der Waals surface area (Å²) in [5.41, 5.74) is 0.0155. The van der Waals surface area contributed by atoms with E-state index >= 15 is 0 Å². The number of guanidine groups is 1. The van der Waals surface area contributed by atoms with Crippen LogP contribution in [0.4, 0.5) is 4.79 Å². The molecule has 7 heteroatoms. The number of hydrogen-bond acceptors (Lipinski definition) is 4. The molecule has 0 bridgehead atoms. The fourth-order valence-electron chi connectivity index (χ4n) is 2.76. The molecule has 0 unspecified atom stereocenters. The summed E-state index contributed by atoms with van der Waals surface area (Å²) in [5, 5.41) is 5.50. The summed E-state index contributed by atoms with van der Waals surface area (Å²) in [6.07, 6.45) is -0.220. The zero-order chi connectivity index (χ0) is 18.3. The van der Waals surface area contributed by atoms with E-state index in [-0.39, 0.29) is 11.5 Å². The van der Waals surface area contributed by atoms with Crippen LogP contribution in [0.3, 0.4) is 0 Å². The molecule has 1 saturated heterocycles. The van der Waals surface area contributed by atoms with Gasteiger partial charge in [-0.15, -0.1) is 11.3 Å². The summed E-state index contributed by atoms with van der Waals surface area (Å²) in [4.78, 5) is 22.0. The molecule has 0 saturated carbocycles. The summed E-state index contributed by atoms with van der Waals surface area (Å²) in [6, 6.07) is 4.26. The van der Waals surface area contributed by atoms with Gasteiger partial charge in [-0.25, -0.2) is 4.79 Å². The van der Waals surface area contributed by atoms with Crippen LogP contribution >= 0.6 is 11.3 Å². The van der Waals surface area contributed by atoms with Crippen LogP contribution in [0.5, 0.6) is 0 Å². The minimum atomic E-state index is -0.220. The number of aliphatic imine (C=N–C) groups is 1. The van der Waals surface area contributed by atoms with Crippen molar-refractivity contribution >= 4 is 23.4 Å². The summed E-state index contributed by atoms with van der Waals surface area (Å²) >= 11 is 1.78. The van der Waals surface area contributed by atoms with Crippen LogP contribution in [-0.4, -0.2) is 67.7 Å². The summed E-state index contributed by atoms with van der Waals surface area (Å²) < 4.78 is 5.08. The van der Waals surface area contributed by atoms with E-state index in [4.69, 9.17) is 9.73 Å². The van der Waals surface area contributed by atoms with Crippen LogP contribution < -0.4 is 5.32 Å². The van der Waals surface area contributed by atoms with Crippen molar-refractivity contribution in [1.29, 1.82) is 0 Å². The Morgan fingerprint density at radius 2 is 1.96 bits per heavy atom. The number of amides is 1. The SMILES string of the molecule is CCNC(=NCC(C)(C)c1cccs1)N1CCN(C(=O)OCC)CC1. The summed E-state index contributed by atoms with van der Waals surface area (Å²) in [7, 11) is 0. The van der Waals surface area contributed by atoms with Gasteiger partial charge in [-0.1, -0.05) is 19.9 Å². The average Bonchev–Trinajstić information content (AvgIpc) is 3.14. The highest BCUT2D eigenvalue weighted by Crippen LogP contribution is 2.27. The Morgan fingerprint density at radius 1 is 1.28 bits per heavy atom. The molecule has 0 aromatic carbocycles. The molecule has 2 heterocycles. The van der Waals surface area contributed by atoms with Gasteiger partial charge < -0.3 is 19.9 Å². The second-order valence-corrected chi connectivity index (χ2v) is 7.65. The Kier molecular flexibility index (Phi) is 7.11. The predicted molar refractivity (Wildman–Crippen MR) is 103 cm³/mol. The molecule has 1 fully saturated rings. The van der Waals surface area contributed by atoms with Crippen LogP contribution in [0.2, 0.25) is 0 Å². The third kappa shape index (κ3) is 5.36. The third-order valence-electron chi connectivity index (χ3n) is 4.25. The quantitative estimate of drug-likeness (QED) is 0.643. The first-order valence-corrected chi connectivity index (χ1v) is 9.85. The van der Waals surface area contributed by atoms with Crippen molar-refractivity contribution < 1.29 is 9.53 Å². The van der Waals surface area contributed by atoms with Crippen LogP contribution in [0.1, 0.15) is 32.6 Å². The number of nitrogens with one attached hydrogen (secondary N) is 1. The normalized spacial score (nSPS) is 16.1. The third-order valence-corrected chi connectivity index (χ3v) is 5.49. The summed E-state index contributed by atoms with van der Waals surface area (Å²) in [6.45, 7) is 13.2. The number of thiophene rings is 1. The van der Waals surface area contributed by atoms with Crippen molar-refractivity contribution in [3.8, 4) is 0 Å². The van der Waals surface area contributed by atoms with Gasteiger partial charge in [0.25, 0.3) is 0 Å². The molecule has 0 atom stereocenters. The molecule has 1 aliphatic heterocycles. The number of hydrogen-bond donors (Lipinski definition) is 1. The maximum atomic E-state index is 11.8. The second-order valence-electron chi connectivity index (χ2n) is 6.70. The molecule has 0 radical (unpaired) electrons. The Hall–Kier alpha value is -1.76. The number of nitrogens with zero attached hydrogens (tertiary/aromatic N) is 3. The standard InChI is InChI=1S/C18H30N4O2S/c1-5-19-16(20-14-18(3,4)15-8-7-13-25-15)21-9-11-22(12-10-21)17(23)24-6-2/h7-8,13H,5-6,9-12,14H2,1-4H3,(H,19,20). The van der Waals surface area contributed by atoms with E-state index in [1.54, 1.807) is 16.2 Å². The summed E-state index contributed by atoms with van der Waals surface area (Å²) in [5.74, 6) is 0.927. The first-order valence-electron chi connectivity index (χ1n) is 8.97. The van der Waals surface area contributed by atoms with Crippen LogP contribution in [0, 0.1) is 0 Å². The van der Waals surface area contributed by atoms with E-state index in [0.717, 1.165) is 32.1 Å². The highest BCUT2D eigenvalue weighted by molar-refractivity contribution is 7.10. The van der Waals surface area contributed by atoms with Gasteiger partial charge >= 0.3 is 6.09 Å². The average molecular weight is 367 g/mol. The molecule has 1 N–H and O–H groups in total. The lowest BCUT2D eigenvalue weighted by molar-refractivity contribution is 0.0914. The number of carbonyl (C=O) groups excluding carboxylic acids is 1. The largest absolute Gasteiger partial charge is 0.450 e. The van der Waals surface area contributed by atoms with Crippen molar-refractivity contribution in [1.82, 2.24) is 15.1 Å². The number of piperazine rings is 1. The second kappa shape index (κ2) is 9.08. The highest BCUT2D eigenvalue weighted by atomic mass is 32.1. The van der Waals surface area contributed by atoms with Crippen molar-refractivity contribution in [2.45, 2.75) is 33.1 Å². The van der Waals surface area contributed by atoms with E-state index in [1.165, 1.54) is 4.88 Å². The molecule has 1 aromatic rings. The molecule has 1 amide bonds. The maximum absolute atomic E-state index is 11.8. The van der Waals surface area contributed by atoms with Gasteiger partial charge in [0, 0.05) is 43.0 Å². The molecule has 0 spiro atoms. The highest BCUT2D eigenvalue weighted by Gasteiger charge is 2.25. The van der Waals surface area contributed by atoms with Crippen molar-refractivity contribution in [3.63, 3.8) is 0 Å². The molecule has 2 rings (SSSR count). The Balaban J connectivity index is 1.97. The van der Waals surface area contributed by atoms with Crippen LogP contribution in [0.15, 0.2) is 22.5 Å². The molecule has 0 aliphatic carbocycles. The Bertz CT molecular complexity index is 564. The first-order chi connectivity index (χ1) is 12.0. The maximum Gasteiger partial charge on any atom is 0.409 e. The van der Waals surface area contributed by atoms with E-state index < -0.39 is 0 Å². The lowest BCUT2D eigenvalue weighted by atomic mass is 9.92. The van der Waals surface area contributed by atoms with Gasteiger partial charge in [0.1, 0.15) is 0 Å². The molecular formula is C18H30N4O2S. The predicted octanol–water partition coefficient (Wildman–Crippen LogP) is 2.77. The zero-order valence-corrected chi connectivity index (χ0v) is 16.6. The molecule has 140 valence electrons. The monoisotopic (exact) mass is 366 g/mol. The van der Waals surface area contributed by atoms with Crippen LogP contribution in [-0.2, 0) is 10.2 Å². The lowest BCUT2D eigenvalue weighted by Crippen LogP contribution is -2.54. The van der Waals surface area contributed by atoms with Gasteiger partial charge in [-0.2, -0.15) is 0 Å². The van der Waals surface area contributed by atoms with E-state index in [9.17, 15) is 4.79 Å². The topological polar surface area (TPSA) is 57.2 Å². The molecule has 25 heavy (non-hydrogen) atoms. The molecule has 6 nitrogen and oxygen atoms in total.